The summed E-state index contributed by atoms with van der Waals surface area (Å²) in [6.45, 7) is 3.86. The number of urea groups is 1. The lowest BCUT2D eigenvalue weighted by Gasteiger charge is -2.30. The third-order valence-electron chi connectivity index (χ3n) is 3.61. The molecule has 1 atom stereocenters. The Bertz CT molecular complexity index is 553. The Morgan fingerprint density at radius 3 is 2.59 bits per heavy atom. The summed E-state index contributed by atoms with van der Waals surface area (Å²) in [4.78, 5) is 34.8. The number of nitrogens with one attached hydrogen (secondary N) is 3. The van der Waals surface area contributed by atoms with E-state index in [-0.39, 0.29) is 12.3 Å². The molecular formula is C16H21N3O3. The van der Waals surface area contributed by atoms with Gasteiger partial charge in [0.05, 0.1) is 6.42 Å². The maximum absolute atomic E-state index is 12.2. The Hall–Kier alpha value is -2.37. The number of imide groups is 1. The molecule has 2 rings (SSSR count). The van der Waals surface area contributed by atoms with Crippen LogP contribution in [0, 0.1) is 0 Å². The molecule has 1 aliphatic heterocycles. The van der Waals surface area contributed by atoms with Crippen LogP contribution in [0.25, 0.3) is 0 Å². The summed E-state index contributed by atoms with van der Waals surface area (Å²) < 4.78 is 0. The highest BCUT2D eigenvalue weighted by Gasteiger charge is 2.32. The van der Waals surface area contributed by atoms with Gasteiger partial charge in [0.15, 0.2) is 0 Å². The first kappa shape index (κ1) is 16.0. The van der Waals surface area contributed by atoms with Crippen molar-refractivity contribution in [1.29, 1.82) is 0 Å². The molecule has 0 aromatic heterocycles. The standard InChI is InChI=1S/C16H21N3O3/c1-16(2,9-8-11-6-4-3-5-7-11)19-14(21)12-10-13(20)18-15(22)17-12/h3-7,12H,8-10H2,1-2H3,(H,19,21)(H2,17,18,20,22)/t12-/m0/s1. The third kappa shape index (κ3) is 4.58. The monoisotopic (exact) mass is 303 g/mol. The highest BCUT2D eigenvalue weighted by molar-refractivity contribution is 6.02. The maximum Gasteiger partial charge on any atom is 0.322 e. The molecule has 1 fully saturated rings. The van der Waals surface area contributed by atoms with Gasteiger partial charge in [-0.1, -0.05) is 30.3 Å². The Balaban J connectivity index is 1.89. The van der Waals surface area contributed by atoms with E-state index in [1.807, 2.05) is 44.2 Å². The zero-order valence-electron chi connectivity index (χ0n) is 12.8. The highest BCUT2D eigenvalue weighted by atomic mass is 16.2. The number of hydrogen-bond acceptors (Lipinski definition) is 3. The Morgan fingerprint density at radius 2 is 1.95 bits per heavy atom. The van der Waals surface area contributed by atoms with E-state index >= 15 is 0 Å². The fraction of sp³-hybridized carbons (Fsp3) is 0.438. The van der Waals surface area contributed by atoms with Gasteiger partial charge in [0.25, 0.3) is 0 Å². The molecule has 0 aliphatic carbocycles. The quantitative estimate of drug-likeness (QED) is 0.761. The fourth-order valence-electron chi connectivity index (χ4n) is 2.35. The Kier molecular flexibility index (Phi) is 4.80. The first-order valence-electron chi connectivity index (χ1n) is 7.32. The summed E-state index contributed by atoms with van der Waals surface area (Å²) >= 11 is 0. The molecule has 22 heavy (non-hydrogen) atoms. The van der Waals surface area contributed by atoms with Crippen LogP contribution in [-0.4, -0.2) is 29.4 Å². The van der Waals surface area contributed by atoms with Crippen LogP contribution in [-0.2, 0) is 16.0 Å². The van der Waals surface area contributed by atoms with E-state index < -0.39 is 23.5 Å². The van der Waals surface area contributed by atoms with E-state index in [1.54, 1.807) is 0 Å². The maximum atomic E-state index is 12.2. The van der Waals surface area contributed by atoms with Crippen molar-refractivity contribution in [3.63, 3.8) is 0 Å². The summed E-state index contributed by atoms with van der Waals surface area (Å²) in [6.07, 6.45) is 1.56. The van der Waals surface area contributed by atoms with Gasteiger partial charge in [0.1, 0.15) is 6.04 Å². The third-order valence-corrected chi connectivity index (χ3v) is 3.61. The molecule has 1 heterocycles. The van der Waals surface area contributed by atoms with Crippen molar-refractivity contribution in [3.05, 3.63) is 35.9 Å². The number of amides is 4. The van der Waals surface area contributed by atoms with Crippen LogP contribution >= 0.6 is 0 Å². The van der Waals surface area contributed by atoms with E-state index in [4.69, 9.17) is 0 Å². The number of aryl methyl sites for hydroxylation is 1. The fourth-order valence-corrected chi connectivity index (χ4v) is 2.35. The smallest absolute Gasteiger partial charge is 0.322 e. The molecule has 1 aliphatic rings. The van der Waals surface area contributed by atoms with Gasteiger partial charge in [0.2, 0.25) is 11.8 Å². The van der Waals surface area contributed by atoms with E-state index in [0.29, 0.717) is 0 Å². The van der Waals surface area contributed by atoms with Crippen molar-refractivity contribution in [1.82, 2.24) is 16.0 Å². The first-order chi connectivity index (χ1) is 10.4. The van der Waals surface area contributed by atoms with E-state index in [0.717, 1.165) is 12.8 Å². The van der Waals surface area contributed by atoms with E-state index in [2.05, 4.69) is 16.0 Å². The van der Waals surface area contributed by atoms with Gasteiger partial charge in [-0.2, -0.15) is 0 Å². The van der Waals surface area contributed by atoms with Crippen LogP contribution in [0.2, 0.25) is 0 Å². The molecule has 118 valence electrons. The highest BCUT2D eigenvalue weighted by Crippen LogP contribution is 2.14. The van der Waals surface area contributed by atoms with Crippen LogP contribution in [0.3, 0.4) is 0 Å². The van der Waals surface area contributed by atoms with Crippen LogP contribution < -0.4 is 16.0 Å². The summed E-state index contributed by atoms with van der Waals surface area (Å²) in [5, 5.41) is 7.47. The molecule has 6 heteroatoms. The van der Waals surface area contributed by atoms with Gasteiger partial charge >= 0.3 is 6.03 Å². The molecule has 4 amide bonds. The second-order valence-corrected chi connectivity index (χ2v) is 6.14. The Labute approximate surface area is 129 Å². The molecule has 6 nitrogen and oxygen atoms in total. The summed E-state index contributed by atoms with van der Waals surface area (Å²) in [6, 6.07) is 8.59. The van der Waals surface area contributed by atoms with Gasteiger partial charge in [-0.25, -0.2) is 4.79 Å². The van der Waals surface area contributed by atoms with Gasteiger partial charge in [-0.15, -0.1) is 0 Å². The number of rotatable bonds is 5. The minimum atomic E-state index is -0.808. The second-order valence-electron chi connectivity index (χ2n) is 6.14. The number of benzene rings is 1. The summed E-state index contributed by atoms with van der Waals surface area (Å²) in [5.41, 5.74) is 0.779. The molecule has 0 saturated carbocycles. The summed E-state index contributed by atoms with van der Waals surface area (Å²) in [5.74, 6) is -0.771. The van der Waals surface area contributed by atoms with Crippen molar-refractivity contribution < 1.29 is 14.4 Å². The molecule has 0 spiro atoms. The lowest BCUT2D eigenvalue weighted by atomic mass is 9.94. The van der Waals surface area contributed by atoms with Crippen LogP contribution in [0.1, 0.15) is 32.3 Å². The van der Waals surface area contributed by atoms with Gasteiger partial charge < -0.3 is 10.6 Å². The van der Waals surface area contributed by atoms with E-state index in [1.165, 1.54) is 5.56 Å². The van der Waals surface area contributed by atoms with Crippen LogP contribution in [0.5, 0.6) is 0 Å². The molecule has 1 saturated heterocycles. The number of carbonyl (C=O) groups is 3. The zero-order chi connectivity index (χ0) is 16.2. The normalized spacial score (nSPS) is 18.4. The largest absolute Gasteiger partial charge is 0.349 e. The zero-order valence-corrected chi connectivity index (χ0v) is 12.8. The number of carbonyl (C=O) groups excluding carboxylic acids is 3. The summed E-state index contributed by atoms with van der Waals surface area (Å²) in [7, 11) is 0. The van der Waals surface area contributed by atoms with Crippen molar-refractivity contribution in [2.75, 3.05) is 0 Å². The molecule has 1 aromatic carbocycles. The first-order valence-corrected chi connectivity index (χ1v) is 7.32. The number of hydrogen-bond donors (Lipinski definition) is 3. The molecule has 0 bridgehead atoms. The minimum absolute atomic E-state index is 0.0354. The average molecular weight is 303 g/mol. The van der Waals surface area contributed by atoms with Crippen molar-refractivity contribution >= 4 is 17.8 Å². The van der Waals surface area contributed by atoms with E-state index in [9.17, 15) is 14.4 Å². The molecule has 0 radical (unpaired) electrons. The molecule has 0 unspecified atom stereocenters. The van der Waals surface area contributed by atoms with Gasteiger partial charge in [-0.05, 0) is 32.3 Å². The van der Waals surface area contributed by atoms with Gasteiger partial charge in [0, 0.05) is 5.54 Å². The predicted molar refractivity (Wildman–Crippen MR) is 82.1 cm³/mol. The van der Waals surface area contributed by atoms with Crippen molar-refractivity contribution in [2.45, 2.75) is 44.7 Å². The second kappa shape index (κ2) is 6.60. The predicted octanol–water partition coefficient (Wildman–Crippen LogP) is 1.11. The molecule has 3 N–H and O–H groups in total. The lowest BCUT2D eigenvalue weighted by molar-refractivity contribution is -0.129. The van der Waals surface area contributed by atoms with Crippen molar-refractivity contribution in [2.24, 2.45) is 0 Å². The minimum Gasteiger partial charge on any atom is -0.349 e. The lowest BCUT2D eigenvalue weighted by Crippen LogP contribution is -2.60. The Morgan fingerprint density at radius 1 is 1.27 bits per heavy atom. The molecule has 1 aromatic rings. The van der Waals surface area contributed by atoms with Crippen LogP contribution in [0.15, 0.2) is 30.3 Å². The SMILES string of the molecule is CC(C)(CCc1ccccc1)NC(=O)[C@@H]1CC(=O)NC(=O)N1. The topological polar surface area (TPSA) is 87.3 Å². The molecular weight excluding hydrogens is 282 g/mol. The average Bonchev–Trinajstić information content (AvgIpc) is 2.45. The van der Waals surface area contributed by atoms with Crippen LogP contribution in [0.4, 0.5) is 4.79 Å². The van der Waals surface area contributed by atoms with Crippen molar-refractivity contribution in [3.8, 4) is 0 Å². The van der Waals surface area contributed by atoms with Gasteiger partial charge in [-0.3, -0.25) is 14.9 Å².